The highest BCUT2D eigenvalue weighted by Crippen LogP contribution is 2.39. The van der Waals surface area contributed by atoms with Crippen molar-refractivity contribution in [3.63, 3.8) is 0 Å². The highest BCUT2D eigenvalue weighted by molar-refractivity contribution is 6.07. The molecule has 2 aliphatic rings. The van der Waals surface area contributed by atoms with Crippen LogP contribution in [0.5, 0.6) is 0 Å². The van der Waals surface area contributed by atoms with E-state index in [1.54, 1.807) is 0 Å². The summed E-state index contributed by atoms with van der Waals surface area (Å²) in [7, 11) is 1.50. The Bertz CT molecular complexity index is 676. The van der Waals surface area contributed by atoms with E-state index in [1.165, 1.54) is 7.05 Å². The number of rotatable bonds is 5. The number of hydrogen-bond acceptors (Lipinski definition) is 3. The van der Waals surface area contributed by atoms with E-state index in [0.717, 1.165) is 23.3 Å². The lowest BCUT2D eigenvalue weighted by atomic mass is 9.86. The van der Waals surface area contributed by atoms with Crippen LogP contribution in [0.3, 0.4) is 0 Å². The summed E-state index contributed by atoms with van der Waals surface area (Å²) in [6.45, 7) is 2.39. The Morgan fingerprint density at radius 1 is 1.36 bits per heavy atom. The predicted molar refractivity (Wildman–Crippen MR) is 93.9 cm³/mol. The number of nitrogens with one attached hydrogen (secondary N) is 2. The van der Waals surface area contributed by atoms with Crippen LogP contribution in [0.15, 0.2) is 30.3 Å². The molecule has 0 unspecified atom stereocenters. The summed E-state index contributed by atoms with van der Waals surface area (Å²) in [5, 5.41) is 5.88. The molecule has 1 aliphatic carbocycles. The van der Waals surface area contributed by atoms with Crippen LogP contribution in [0.25, 0.3) is 0 Å². The van der Waals surface area contributed by atoms with Gasteiger partial charge in [0, 0.05) is 19.5 Å². The summed E-state index contributed by atoms with van der Waals surface area (Å²) in [5.74, 6) is -0.466. The fraction of sp³-hybridized carbons (Fsp3) is 0.526. The number of hydrogen-bond donors (Lipinski definition) is 2. The molecular formula is C19H25N3O3. The lowest BCUT2D eigenvalue weighted by Gasteiger charge is -2.29. The standard InChI is InChI=1S/C19H25N3O3/c1-3-15(13-8-5-4-6-9-13)16(23)20-12-14-10-7-11-19(14)17(24)22(2)18(25)21-19/h4-6,8-9,14-15H,3,7,10-12H2,1-2H3,(H,20,23)(H,21,25)/t14-,15+,19+/m1/s1. The molecular weight excluding hydrogens is 318 g/mol. The van der Waals surface area contributed by atoms with Crippen molar-refractivity contribution in [2.45, 2.75) is 44.1 Å². The molecule has 0 bridgehead atoms. The van der Waals surface area contributed by atoms with Crippen molar-refractivity contribution in [3.05, 3.63) is 35.9 Å². The first kappa shape index (κ1) is 17.5. The van der Waals surface area contributed by atoms with E-state index in [2.05, 4.69) is 10.6 Å². The van der Waals surface area contributed by atoms with Crippen molar-refractivity contribution < 1.29 is 14.4 Å². The number of likely N-dealkylation sites (N-methyl/N-ethyl adjacent to an activating group) is 1. The van der Waals surface area contributed by atoms with Crippen LogP contribution >= 0.6 is 0 Å². The summed E-state index contributed by atoms with van der Waals surface area (Å²) in [5.41, 5.74) is 0.154. The van der Waals surface area contributed by atoms with Gasteiger partial charge in [0.15, 0.2) is 0 Å². The minimum atomic E-state index is -0.840. The van der Waals surface area contributed by atoms with Gasteiger partial charge in [0.1, 0.15) is 5.54 Å². The van der Waals surface area contributed by atoms with Crippen LogP contribution < -0.4 is 10.6 Å². The van der Waals surface area contributed by atoms with Crippen molar-refractivity contribution in [2.24, 2.45) is 5.92 Å². The van der Waals surface area contributed by atoms with Gasteiger partial charge in [0.05, 0.1) is 5.92 Å². The summed E-state index contributed by atoms with van der Waals surface area (Å²) in [6, 6.07) is 9.36. The van der Waals surface area contributed by atoms with Crippen molar-refractivity contribution >= 4 is 17.8 Å². The van der Waals surface area contributed by atoms with Gasteiger partial charge in [-0.2, -0.15) is 0 Å². The maximum Gasteiger partial charge on any atom is 0.324 e. The molecule has 25 heavy (non-hydrogen) atoms. The number of benzene rings is 1. The second kappa shape index (κ2) is 6.86. The van der Waals surface area contributed by atoms with E-state index in [1.807, 2.05) is 37.3 Å². The van der Waals surface area contributed by atoms with Gasteiger partial charge in [-0.1, -0.05) is 43.7 Å². The molecule has 134 valence electrons. The second-order valence-electron chi connectivity index (χ2n) is 6.97. The Kier molecular flexibility index (Phi) is 4.79. The summed E-state index contributed by atoms with van der Waals surface area (Å²) < 4.78 is 0. The normalized spacial score (nSPS) is 26.8. The largest absolute Gasteiger partial charge is 0.355 e. The van der Waals surface area contributed by atoms with Gasteiger partial charge < -0.3 is 10.6 Å². The molecule has 1 aromatic carbocycles. The zero-order valence-electron chi connectivity index (χ0n) is 14.7. The van der Waals surface area contributed by atoms with Gasteiger partial charge in [-0.05, 0) is 24.8 Å². The molecule has 1 saturated carbocycles. The van der Waals surface area contributed by atoms with Gasteiger partial charge in [-0.25, -0.2) is 4.79 Å². The van der Waals surface area contributed by atoms with Crippen LogP contribution in [0, 0.1) is 5.92 Å². The number of nitrogens with zero attached hydrogens (tertiary/aromatic N) is 1. The van der Waals surface area contributed by atoms with Crippen LogP contribution in [0.1, 0.15) is 44.1 Å². The Hall–Kier alpha value is -2.37. The third kappa shape index (κ3) is 3.01. The second-order valence-corrected chi connectivity index (χ2v) is 6.97. The number of carbonyl (C=O) groups excluding carboxylic acids is 3. The topological polar surface area (TPSA) is 78.5 Å². The van der Waals surface area contributed by atoms with Gasteiger partial charge in [0.2, 0.25) is 5.91 Å². The molecule has 6 nitrogen and oxygen atoms in total. The summed E-state index contributed by atoms with van der Waals surface area (Å²) in [4.78, 5) is 38.2. The van der Waals surface area contributed by atoms with Crippen LogP contribution in [0.4, 0.5) is 4.79 Å². The van der Waals surface area contributed by atoms with E-state index in [9.17, 15) is 14.4 Å². The molecule has 3 atom stereocenters. The SMILES string of the molecule is CC[C@H](C(=O)NC[C@H]1CCC[C@]12NC(=O)N(C)C2=O)c1ccccc1. The minimum absolute atomic E-state index is 0.0270. The maximum atomic E-state index is 12.7. The monoisotopic (exact) mass is 343 g/mol. The molecule has 1 heterocycles. The van der Waals surface area contributed by atoms with E-state index >= 15 is 0 Å². The first-order valence-electron chi connectivity index (χ1n) is 8.92. The predicted octanol–water partition coefficient (Wildman–Crippen LogP) is 2.02. The third-order valence-corrected chi connectivity index (χ3v) is 5.59. The smallest absolute Gasteiger partial charge is 0.324 e. The fourth-order valence-electron chi connectivity index (χ4n) is 4.12. The summed E-state index contributed by atoms with van der Waals surface area (Å²) >= 11 is 0. The first-order chi connectivity index (χ1) is 12.0. The molecule has 2 N–H and O–H groups in total. The number of imide groups is 1. The quantitative estimate of drug-likeness (QED) is 0.803. The van der Waals surface area contributed by atoms with Crippen LogP contribution in [0.2, 0.25) is 0 Å². The average Bonchev–Trinajstić information content (AvgIpc) is 3.12. The molecule has 4 amide bonds. The van der Waals surface area contributed by atoms with E-state index in [4.69, 9.17) is 0 Å². The molecule has 0 radical (unpaired) electrons. The van der Waals surface area contributed by atoms with Crippen molar-refractivity contribution in [1.29, 1.82) is 0 Å². The number of amides is 4. The van der Waals surface area contributed by atoms with Crippen molar-refractivity contribution in [1.82, 2.24) is 15.5 Å². The molecule has 1 saturated heterocycles. The Labute approximate surface area is 148 Å². The van der Waals surface area contributed by atoms with Crippen LogP contribution in [-0.2, 0) is 9.59 Å². The van der Waals surface area contributed by atoms with Gasteiger partial charge in [-0.3, -0.25) is 14.5 Å². The molecule has 3 rings (SSSR count). The zero-order chi connectivity index (χ0) is 18.0. The average molecular weight is 343 g/mol. The molecule has 1 aliphatic heterocycles. The van der Waals surface area contributed by atoms with Crippen molar-refractivity contribution in [2.75, 3.05) is 13.6 Å². The first-order valence-corrected chi connectivity index (χ1v) is 8.92. The van der Waals surface area contributed by atoms with Crippen molar-refractivity contribution in [3.8, 4) is 0 Å². The van der Waals surface area contributed by atoms with Gasteiger partial charge >= 0.3 is 6.03 Å². The van der Waals surface area contributed by atoms with Gasteiger partial charge in [0.25, 0.3) is 5.91 Å². The summed E-state index contributed by atoms with van der Waals surface area (Å²) in [6.07, 6.45) is 3.04. The van der Waals surface area contributed by atoms with E-state index < -0.39 is 5.54 Å². The Balaban J connectivity index is 1.67. The van der Waals surface area contributed by atoms with Gasteiger partial charge in [-0.15, -0.1) is 0 Å². The fourth-order valence-corrected chi connectivity index (χ4v) is 4.12. The lowest BCUT2D eigenvalue weighted by Crippen LogP contribution is -2.53. The molecule has 2 fully saturated rings. The molecule has 1 spiro atoms. The van der Waals surface area contributed by atoms with Crippen LogP contribution in [-0.4, -0.2) is 41.9 Å². The Morgan fingerprint density at radius 2 is 2.08 bits per heavy atom. The highest BCUT2D eigenvalue weighted by atomic mass is 16.2. The number of urea groups is 1. The van der Waals surface area contributed by atoms with E-state index in [0.29, 0.717) is 19.4 Å². The highest BCUT2D eigenvalue weighted by Gasteiger charge is 2.56. The minimum Gasteiger partial charge on any atom is -0.355 e. The van der Waals surface area contributed by atoms with E-state index in [-0.39, 0.29) is 29.7 Å². The maximum absolute atomic E-state index is 12.7. The number of carbonyl (C=O) groups is 3. The molecule has 0 aromatic heterocycles. The molecule has 1 aromatic rings. The zero-order valence-corrected chi connectivity index (χ0v) is 14.7. The Morgan fingerprint density at radius 3 is 2.68 bits per heavy atom. The molecule has 6 heteroatoms. The third-order valence-electron chi connectivity index (χ3n) is 5.59. The lowest BCUT2D eigenvalue weighted by molar-refractivity contribution is -0.132.